The summed E-state index contributed by atoms with van der Waals surface area (Å²) in [5.41, 5.74) is -0.697. The smallest absolute Gasteiger partial charge is 0.343 e. The Morgan fingerprint density at radius 3 is 2.42 bits per heavy atom. The van der Waals surface area contributed by atoms with Crippen molar-refractivity contribution in [2.24, 2.45) is 11.8 Å². The van der Waals surface area contributed by atoms with E-state index in [2.05, 4.69) is 26.4 Å². The molecule has 0 spiro atoms. The number of ether oxygens (including phenoxy) is 2. The van der Waals surface area contributed by atoms with Crippen LogP contribution in [-0.4, -0.2) is 43.9 Å². The zero-order valence-electron chi connectivity index (χ0n) is 20.1. The summed E-state index contributed by atoms with van der Waals surface area (Å²) in [5.74, 6) is -1.45. The van der Waals surface area contributed by atoms with E-state index >= 15 is 0 Å². The molecule has 1 amide bonds. The minimum absolute atomic E-state index is 0.0734. The molecule has 36 heavy (non-hydrogen) atoms. The van der Waals surface area contributed by atoms with Crippen LogP contribution in [0.25, 0.3) is 5.82 Å². The van der Waals surface area contributed by atoms with Crippen molar-refractivity contribution in [3.05, 3.63) is 65.6 Å². The lowest BCUT2D eigenvalue weighted by Crippen LogP contribution is -2.31. The minimum atomic E-state index is -1.23. The number of halogens is 1. The Balaban J connectivity index is 1.87. The maximum atomic E-state index is 14.5. The third-order valence-corrected chi connectivity index (χ3v) is 4.85. The Labute approximate surface area is 206 Å². The summed E-state index contributed by atoms with van der Waals surface area (Å²) in [4.78, 5) is 41.7. The molecule has 1 aromatic carbocycles. The zero-order chi connectivity index (χ0) is 26.4. The molecular formula is C25H24FN5O5. The molecule has 1 N–H and O–H groups in total. The number of nitrogens with one attached hydrogen (secondary N) is 1. The van der Waals surface area contributed by atoms with Gasteiger partial charge in [0.1, 0.15) is 12.1 Å². The van der Waals surface area contributed by atoms with Crippen molar-refractivity contribution in [3.63, 3.8) is 0 Å². The monoisotopic (exact) mass is 493 g/mol. The molecule has 11 heteroatoms. The van der Waals surface area contributed by atoms with E-state index in [1.54, 1.807) is 50.7 Å². The zero-order valence-corrected chi connectivity index (χ0v) is 20.1. The first-order chi connectivity index (χ1) is 17.1. The molecule has 0 radical (unpaired) electrons. The second-order valence-corrected chi connectivity index (χ2v) is 8.33. The van der Waals surface area contributed by atoms with Gasteiger partial charge in [-0.05, 0) is 24.3 Å². The van der Waals surface area contributed by atoms with Crippen LogP contribution in [0.4, 0.5) is 10.1 Å². The lowest BCUT2D eigenvalue weighted by Gasteiger charge is -2.23. The molecule has 0 fully saturated rings. The van der Waals surface area contributed by atoms with E-state index in [-0.39, 0.29) is 22.5 Å². The number of hydrogen-bond donors (Lipinski definition) is 1. The molecular weight excluding hydrogens is 469 g/mol. The van der Waals surface area contributed by atoms with E-state index < -0.39 is 41.8 Å². The lowest BCUT2D eigenvalue weighted by atomic mass is 10.1. The maximum absolute atomic E-state index is 14.5. The van der Waals surface area contributed by atoms with Gasteiger partial charge < -0.3 is 14.8 Å². The standard InChI is InChI=1S/C25H24FN5O5/c1-6-16-11-20(28-22(32)19-7-8-21(30-29-19)31-10-9-27-13-31)17(12-18(16)26)24(34)36-25(15(4)5)35-23(33)14(2)3/h1,7-15,25H,2-5H3,(H,28,32). The molecule has 2 aromatic heterocycles. The van der Waals surface area contributed by atoms with Gasteiger partial charge in [-0.1, -0.05) is 33.6 Å². The average molecular weight is 493 g/mol. The Morgan fingerprint density at radius 2 is 1.86 bits per heavy atom. The highest BCUT2D eigenvalue weighted by Crippen LogP contribution is 2.24. The van der Waals surface area contributed by atoms with E-state index in [9.17, 15) is 18.8 Å². The molecule has 0 aliphatic heterocycles. The van der Waals surface area contributed by atoms with E-state index in [0.717, 1.165) is 12.1 Å². The highest BCUT2D eigenvalue weighted by atomic mass is 19.1. The van der Waals surface area contributed by atoms with Crippen molar-refractivity contribution in [3.8, 4) is 18.2 Å². The molecule has 0 aliphatic rings. The van der Waals surface area contributed by atoms with Crippen LogP contribution in [-0.2, 0) is 14.3 Å². The fraction of sp³-hybridized carbons (Fsp3) is 0.280. The number of terminal acetylenes is 1. The molecule has 0 bridgehead atoms. The molecule has 0 saturated heterocycles. The average Bonchev–Trinajstić information content (AvgIpc) is 3.39. The first kappa shape index (κ1) is 26.0. The van der Waals surface area contributed by atoms with Crippen molar-refractivity contribution < 1.29 is 28.2 Å². The summed E-state index contributed by atoms with van der Waals surface area (Å²) in [6.45, 7) is 6.63. The van der Waals surface area contributed by atoms with Crippen molar-refractivity contribution >= 4 is 23.5 Å². The Hall–Kier alpha value is -4.59. The van der Waals surface area contributed by atoms with Gasteiger partial charge in [0, 0.05) is 18.3 Å². The molecule has 10 nitrogen and oxygen atoms in total. The molecule has 1 unspecified atom stereocenters. The summed E-state index contributed by atoms with van der Waals surface area (Å²) in [5, 5.41) is 10.4. The molecule has 1 atom stereocenters. The summed E-state index contributed by atoms with van der Waals surface area (Å²) < 4.78 is 26.7. The van der Waals surface area contributed by atoms with Crippen molar-refractivity contribution in [2.75, 3.05) is 5.32 Å². The van der Waals surface area contributed by atoms with Crippen molar-refractivity contribution in [1.82, 2.24) is 19.7 Å². The molecule has 3 rings (SSSR count). The third kappa shape index (κ3) is 6.09. The van der Waals surface area contributed by atoms with Crippen LogP contribution in [0.2, 0.25) is 0 Å². The van der Waals surface area contributed by atoms with Crippen LogP contribution in [0, 0.1) is 30.0 Å². The number of carbonyl (C=O) groups excluding carboxylic acids is 3. The van der Waals surface area contributed by atoms with Crippen LogP contribution < -0.4 is 5.32 Å². The fourth-order valence-corrected chi connectivity index (χ4v) is 2.84. The SMILES string of the molecule is C#Cc1cc(NC(=O)c2ccc(-n3ccnc3)nn2)c(C(=O)OC(OC(=O)C(C)C)C(C)C)cc1F. The van der Waals surface area contributed by atoms with Crippen LogP contribution in [0.3, 0.4) is 0 Å². The topological polar surface area (TPSA) is 125 Å². The Bertz CT molecular complexity index is 1300. The number of hydrogen-bond acceptors (Lipinski definition) is 8. The second kappa shape index (κ2) is 11.2. The fourth-order valence-electron chi connectivity index (χ4n) is 2.84. The highest BCUT2D eigenvalue weighted by Gasteiger charge is 2.27. The number of amides is 1. The van der Waals surface area contributed by atoms with Gasteiger partial charge in [0.15, 0.2) is 11.5 Å². The Morgan fingerprint density at radius 1 is 1.11 bits per heavy atom. The van der Waals surface area contributed by atoms with E-state index in [1.165, 1.54) is 12.4 Å². The molecule has 2 heterocycles. The largest absolute Gasteiger partial charge is 0.425 e. The number of nitrogens with zero attached hydrogens (tertiary/aromatic N) is 4. The van der Waals surface area contributed by atoms with Crippen LogP contribution in [0.1, 0.15) is 54.1 Å². The lowest BCUT2D eigenvalue weighted by molar-refractivity contribution is -0.179. The van der Waals surface area contributed by atoms with Crippen molar-refractivity contribution in [2.45, 2.75) is 34.0 Å². The second-order valence-electron chi connectivity index (χ2n) is 8.33. The number of carbonyl (C=O) groups is 3. The van der Waals surface area contributed by atoms with Gasteiger partial charge in [0.2, 0.25) is 6.29 Å². The van der Waals surface area contributed by atoms with Gasteiger partial charge in [-0.25, -0.2) is 14.2 Å². The van der Waals surface area contributed by atoms with Gasteiger partial charge in [-0.2, -0.15) is 0 Å². The van der Waals surface area contributed by atoms with Crippen LogP contribution in [0.5, 0.6) is 0 Å². The number of aromatic nitrogens is 4. The summed E-state index contributed by atoms with van der Waals surface area (Å²) in [6.07, 6.45) is 8.86. The number of benzene rings is 1. The summed E-state index contributed by atoms with van der Waals surface area (Å²) in [6, 6.07) is 4.94. The number of esters is 2. The van der Waals surface area contributed by atoms with Gasteiger partial charge in [-0.15, -0.1) is 16.6 Å². The van der Waals surface area contributed by atoms with E-state index in [1.807, 2.05) is 0 Å². The van der Waals surface area contributed by atoms with Gasteiger partial charge >= 0.3 is 11.9 Å². The predicted molar refractivity (Wildman–Crippen MR) is 126 cm³/mol. The van der Waals surface area contributed by atoms with E-state index in [0.29, 0.717) is 5.82 Å². The number of imidazole rings is 1. The summed E-state index contributed by atoms with van der Waals surface area (Å²) >= 11 is 0. The minimum Gasteiger partial charge on any atom is -0.425 e. The van der Waals surface area contributed by atoms with Gasteiger partial charge in [-0.3, -0.25) is 14.2 Å². The normalized spacial score (nSPS) is 11.6. The number of rotatable bonds is 8. The third-order valence-electron chi connectivity index (χ3n) is 4.85. The number of anilines is 1. The van der Waals surface area contributed by atoms with Crippen LogP contribution in [0.15, 0.2) is 43.0 Å². The quantitative estimate of drug-likeness (QED) is 0.288. The summed E-state index contributed by atoms with van der Waals surface area (Å²) in [7, 11) is 0. The molecule has 186 valence electrons. The van der Waals surface area contributed by atoms with Gasteiger partial charge in [0.05, 0.1) is 22.7 Å². The molecule has 0 aliphatic carbocycles. The maximum Gasteiger partial charge on any atom is 0.343 e. The molecule has 0 saturated carbocycles. The first-order valence-electron chi connectivity index (χ1n) is 11.0. The first-order valence-corrected chi connectivity index (χ1v) is 11.0. The molecule has 3 aromatic rings. The van der Waals surface area contributed by atoms with Crippen molar-refractivity contribution in [1.29, 1.82) is 0 Å². The van der Waals surface area contributed by atoms with Crippen LogP contribution >= 0.6 is 0 Å². The predicted octanol–water partition coefficient (Wildman–Crippen LogP) is 3.37. The Kier molecular flexibility index (Phi) is 8.11. The van der Waals surface area contributed by atoms with E-state index in [4.69, 9.17) is 15.9 Å². The van der Waals surface area contributed by atoms with Gasteiger partial charge in [0.25, 0.3) is 5.91 Å². The highest BCUT2D eigenvalue weighted by molar-refractivity contribution is 6.07.